The van der Waals surface area contributed by atoms with Crippen LogP contribution < -0.4 is 4.74 Å². The average Bonchev–Trinajstić information content (AvgIpc) is 3.79. The largest absolute Gasteiger partial charge is 0.457 e. The van der Waals surface area contributed by atoms with Gasteiger partial charge in [-0.2, -0.15) is 0 Å². The van der Waals surface area contributed by atoms with Crippen LogP contribution in [0, 0.1) is 0 Å². The van der Waals surface area contributed by atoms with Crippen molar-refractivity contribution >= 4 is 54.8 Å². The minimum Gasteiger partial charge on any atom is -0.457 e. The van der Waals surface area contributed by atoms with Gasteiger partial charge in [-0.1, -0.05) is 52.0 Å². The monoisotopic (exact) mass is 611 g/mol. The maximum absolute atomic E-state index is 6.56. The number of pyridine rings is 3. The van der Waals surface area contributed by atoms with Gasteiger partial charge < -0.3 is 4.74 Å². The van der Waals surface area contributed by atoms with E-state index in [4.69, 9.17) is 9.72 Å². The second-order valence-corrected chi connectivity index (χ2v) is 13.0. The molecule has 0 fully saturated rings. The minimum atomic E-state index is 0.419. The molecule has 0 amide bonds. The first-order valence-electron chi connectivity index (χ1n) is 16.2. The molecule has 9 rings (SSSR count). The van der Waals surface area contributed by atoms with Gasteiger partial charge in [-0.15, -0.1) is 0 Å². The Morgan fingerprint density at radius 3 is 1.79 bits per heavy atom. The molecule has 0 spiro atoms. The van der Waals surface area contributed by atoms with Crippen LogP contribution in [0.1, 0.15) is 50.7 Å². The summed E-state index contributed by atoms with van der Waals surface area (Å²) in [5.74, 6) is 2.34. The predicted octanol–water partition coefficient (Wildman–Crippen LogP) is 10.7. The van der Waals surface area contributed by atoms with E-state index >= 15 is 0 Å². The number of nitrogens with zero attached hydrogens (tertiary/aromatic N) is 5. The number of aromatic nitrogens is 5. The Bertz CT molecular complexity index is 2650. The first kappa shape index (κ1) is 27.6. The van der Waals surface area contributed by atoms with Crippen molar-refractivity contribution in [3.8, 4) is 22.6 Å². The van der Waals surface area contributed by atoms with E-state index in [1.165, 1.54) is 27.6 Å². The van der Waals surface area contributed by atoms with E-state index < -0.39 is 0 Å². The summed E-state index contributed by atoms with van der Waals surface area (Å²) in [6, 6.07) is 30.3. The molecule has 5 heterocycles. The van der Waals surface area contributed by atoms with Crippen LogP contribution in [0.15, 0.2) is 116 Å². The fourth-order valence-electron chi connectivity index (χ4n) is 7.32. The Kier molecular flexibility index (Phi) is 6.09. The van der Waals surface area contributed by atoms with E-state index in [-0.39, 0.29) is 0 Å². The highest BCUT2D eigenvalue weighted by Crippen LogP contribution is 2.40. The molecule has 9 aromatic rings. The second kappa shape index (κ2) is 10.4. The molecule has 0 aliphatic rings. The number of imidazole rings is 2. The zero-order valence-electron chi connectivity index (χ0n) is 26.8. The van der Waals surface area contributed by atoms with Crippen molar-refractivity contribution in [3.05, 3.63) is 127 Å². The Hall–Kier alpha value is -5.75. The van der Waals surface area contributed by atoms with Crippen molar-refractivity contribution in [2.45, 2.75) is 39.5 Å². The molecule has 0 saturated heterocycles. The summed E-state index contributed by atoms with van der Waals surface area (Å²) < 4.78 is 10.8. The average molecular weight is 612 g/mol. The van der Waals surface area contributed by atoms with Crippen molar-refractivity contribution in [2.24, 2.45) is 0 Å². The van der Waals surface area contributed by atoms with Gasteiger partial charge in [0.1, 0.15) is 28.4 Å². The minimum absolute atomic E-state index is 0.419. The van der Waals surface area contributed by atoms with Crippen LogP contribution in [0.5, 0.6) is 11.5 Å². The van der Waals surface area contributed by atoms with Gasteiger partial charge in [-0.05, 0) is 106 Å². The van der Waals surface area contributed by atoms with E-state index in [0.29, 0.717) is 11.8 Å². The van der Waals surface area contributed by atoms with Crippen molar-refractivity contribution in [1.82, 2.24) is 23.8 Å². The molecule has 0 bridgehead atoms. The maximum Gasteiger partial charge on any atom is 0.146 e. The summed E-state index contributed by atoms with van der Waals surface area (Å²) in [6.45, 7) is 9.12. The highest BCUT2D eigenvalue weighted by Gasteiger charge is 2.18. The van der Waals surface area contributed by atoms with E-state index in [9.17, 15) is 0 Å². The molecule has 6 heteroatoms. The maximum atomic E-state index is 6.56. The summed E-state index contributed by atoms with van der Waals surface area (Å²) in [5, 5.41) is 6.58. The third-order valence-corrected chi connectivity index (χ3v) is 9.49. The van der Waals surface area contributed by atoms with Crippen LogP contribution in [0.25, 0.3) is 65.9 Å². The van der Waals surface area contributed by atoms with Crippen LogP contribution >= 0.6 is 0 Å². The van der Waals surface area contributed by atoms with Crippen molar-refractivity contribution in [3.63, 3.8) is 0 Å². The van der Waals surface area contributed by atoms with Gasteiger partial charge in [0.15, 0.2) is 0 Å². The predicted molar refractivity (Wildman–Crippen MR) is 192 cm³/mol. The first-order chi connectivity index (χ1) is 23.0. The van der Waals surface area contributed by atoms with Gasteiger partial charge >= 0.3 is 0 Å². The van der Waals surface area contributed by atoms with Gasteiger partial charge in [0.25, 0.3) is 0 Å². The summed E-state index contributed by atoms with van der Waals surface area (Å²) in [4.78, 5) is 14.1. The molecular formula is C41H33N5O. The Morgan fingerprint density at radius 1 is 0.511 bits per heavy atom. The van der Waals surface area contributed by atoms with Crippen LogP contribution in [-0.2, 0) is 0 Å². The third kappa shape index (κ3) is 4.21. The summed E-state index contributed by atoms with van der Waals surface area (Å²) in [6.07, 6.45) is 9.51. The topological polar surface area (TPSA) is 56.7 Å². The fourth-order valence-corrected chi connectivity index (χ4v) is 7.32. The fraction of sp³-hybridized carbons (Fsp3) is 0.146. The molecule has 4 aromatic carbocycles. The van der Waals surface area contributed by atoms with Gasteiger partial charge in [0, 0.05) is 52.5 Å². The van der Waals surface area contributed by atoms with Gasteiger partial charge in [-0.3, -0.25) is 8.80 Å². The van der Waals surface area contributed by atoms with E-state index in [1.54, 1.807) is 0 Å². The first-order valence-corrected chi connectivity index (χ1v) is 16.2. The zero-order valence-corrected chi connectivity index (χ0v) is 26.8. The number of ether oxygens (including phenoxy) is 1. The van der Waals surface area contributed by atoms with Crippen LogP contribution in [0.3, 0.4) is 0 Å². The van der Waals surface area contributed by atoms with Crippen LogP contribution in [0.4, 0.5) is 0 Å². The quantitative estimate of drug-likeness (QED) is 0.182. The Labute approximate surface area is 271 Å². The number of fused-ring (bicyclic) bond motifs is 12. The highest BCUT2D eigenvalue weighted by molar-refractivity contribution is 6.13. The Morgan fingerprint density at radius 2 is 1.11 bits per heavy atom. The van der Waals surface area contributed by atoms with E-state index in [2.05, 4.69) is 115 Å². The summed E-state index contributed by atoms with van der Waals surface area (Å²) in [7, 11) is 0. The molecule has 6 nitrogen and oxygen atoms in total. The molecular weight excluding hydrogens is 578 g/mol. The number of hydrogen-bond acceptors (Lipinski definition) is 4. The van der Waals surface area contributed by atoms with Crippen molar-refractivity contribution < 1.29 is 4.74 Å². The molecule has 0 radical (unpaired) electrons. The standard InChI is InChI=1S/C41H33N5O/c1-24(2)29-7-5-8-30(25(3)4)38(29)26-10-15-37-34(21-26)32-14-12-28(23-36(32)40-43-17-19-45(37)40)47-27-11-13-31-33-9-6-16-42-39(33)46-20-18-44-41(46)35(31)22-27/h5-25H,1-4H3. The lowest BCUT2D eigenvalue weighted by molar-refractivity contribution is 0.484. The van der Waals surface area contributed by atoms with Crippen LogP contribution in [0.2, 0.25) is 0 Å². The Balaban J connectivity index is 1.20. The molecule has 0 aliphatic heterocycles. The van der Waals surface area contributed by atoms with E-state index in [1.807, 2.05) is 47.5 Å². The lowest BCUT2D eigenvalue weighted by atomic mass is 9.84. The number of benzene rings is 4. The lowest BCUT2D eigenvalue weighted by Gasteiger charge is -2.21. The summed E-state index contributed by atoms with van der Waals surface area (Å²) >= 11 is 0. The van der Waals surface area contributed by atoms with Gasteiger partial charge in [0.05, 0.1) is 5.52 Å². The third-order valence-electron chi connectivity index (χ3n) is 9.49. The molecule has 0 saturated carbocycles. The number of rotatable bonds is 5. The molecule has 228 valence electrons. The van der Waals surface area contributed by atoms with Crippen molar-refractivity contribution in [1.29, 1.82) is 0 Å². The molecule has 0 N–H and O–H groups in total. The smallest absolute Gasteiger partial charge is 0.146 e. The van der Waals surface area contributed by atoms with E-state index in [0.717, 1.165) is 60.9 Å². The highest BCUT2D eigenvalue weighted by atomic mass is 16.5. The molecule has 0 unspecified atom stereocenters. The lowest BCUT2D eigenvalue weighted by Crippen LogP contribution is -2.00. The van der Waals surface area contributed by atoms with Gasteiger partial charge in [0.2, 0.25) is 0 Å². The normalized spacial score (nSPS) is 12.2. The van der Waals surface area contributed by atoms with Crippen LogP contribution in [-0.4, -0.2) is 23.8 Å². The molecule has 0 atom stereocenters. The second-order valence-electron chi connectivity index (χ2n) is 13.0. The van der Waals surface area contributed by atoms with Gasteiger partial charge in [-0.25, -0.2) is 15.0 Å². The molecule has 5 aromatic heterocycles. The SMILES string of the molecule is CC(C)c1cccc(C(C)C)c1-c1ccc2c(c1)c1ccc(Oc3ccc4c5cccnc5n5ccnc5c4c3)cc1c1nccn21. The van der Waals surface area contributed by atoms with Crippen molar-refractivity contribution in [2.75, 3.05) is 0 Å². The number of hydrogen-bond donors (Lipinski definition) is 0. The zero-order chi connectivity index (χ0) is 31.8. The molecule has 47 heavy (non-hydrogen) atoms. The molecule has 0 aliphatic carbocycles. The summed E-state index contributed by atoms with van der Waals surface area (Å²) in [5.41, 5.74) is 9.15.